The van der Waals surface area contributed by atoms with Crippen LogP contribution in [-0.2, 0) is 9.37 Å². The van der Waals surface area contributed by atoms with Crippen LogP contribution < -0.4 is 0 Å². The number of carbonyl (C=O) groups excluding carboxylic acids is 1. The average Bonchev–Trinajstić information content (AvgIpc) is 3.02. The molecule has 0 aromatic heterocycles. The van der Waals surface area contributed by atoms with Gasteiger partial charge in [0.1, 0.15) is 0 Å². The van der Waals surface area contributed by atoms with Gasteiger partial charge < -0.3 is 0 Å². The first-order valence-electron chi connectivity index (χ1n) is 11.0. The molecule has 0 aromatic carbocycles. The summed E-state index contributed by atoms with van der Waals surface area (Å²) in [5, 5.41) is 19.5. The molecule has 4 rings (SSSR count). The maximum atomic E-state index is 12.1. The third kappa shape index (κ3) is 2.67. The second-order valence-corrected chi connectivity index (χ2v) is 15.6. The Morgan fingerprint density at radius 3 is 2.70 bits per heavy atom. The first kappa shape index (κ1) is 22.0. The number of carbonyl (C=O) groups is 1. The van der Waals surface area contributed by atoms with Crippen LogP contribution in [0.15, 0.2) is 34.9 Å². The first-order valence-corrected chi connectivity index (χ1v) is 14.4. The molecule has 0 aliphatic heterocycles. The number of nitriles is 1. The van der Waals surface area contributed by atoms with Crippen LogP contribution in [0.4, 0.5) is 0 Å². The Hall–Kier alpha value is -1.19. The molecule has 4 aliphatic carbocycles. The van der Waals surface area contributed by atoms with E-state index in [1.54, 1.807) is 0 Å². The van der Waals surface area contributed by atoms with Crippen LogP contribution in [0.1, 0.15) is 52.9 Å². The lowest BCUT2D eigenvalue weighted by atomic mass is 9.50. The summed E-state index contributed by atoms with van der Waals surface area (Å²) in [6.45, 7) is 10.4. The van der Waals surface area contributed by atoms with E-state index in [9.17, 15) is 15.3 Å². The van der Waals surface area contributed by atoms with Crippen molar-refractivity contribution in [2.45, 2.75) is 71.0 Å². The first-order chi connectivity index (χ1) is 14.0. The number of nitrogens with zero attached hydrogens (tertiary/aromatic N) is 1. The summed E-state index contributed by atoms with van der Waals surface area (Å²) in [5.41, 5.74) is 2.67. The SMILES string of the molecule is CC1=CC2C(=CC[C@@]3(C)C2CC[C@@]3(C#N)C(Cl)[Si](C)(C)OO)[C@@]2(C)CCC(=O)C=C12. The molecule has 0 amide bonds. The van der Waals surface area contributed by atoms with Crippen molar-refractivity contribution in [1.29, 1.82) is 5.26 Å². The van der Waals surface area contributed by atoms with Crippen molar-refractivity contribution in [3.05, 3.63) is 34.9 Å². The molecule has 3 unspecified atom stereocenters. The maximum Gasteiger partial charge on any atom is 0.251 e. The summed E-state index contributed by atoms with van der Waals surface area (Å²) in [5.74, 6) is 0.798. The molecule has 0 radical (unpaired) electrons. The van der Waals surface area contributed by atoms with Gasteiger partial charge in [0.2, 0.25) is 0 Å². The van der Waals surface area contributed by atoms with Crippen molar-refractivity contribution in [3.8, 4) is 6.07 Å². The van der Waals surface area contributed by atoms with E-state index >= 15 is 0 Å². The van der Waals surface area contributed by atoms with Crippen LogP contribution in [0.5, 0.6) is 0 Å². The van der Waals surface area contributed by atoms with Crippen molar-refractivity contribution >= 4 is 25.7 Å². The lowest BCUT2D eigenvalue weighted by molar-refractivity contribution is -0.153. The van der Waals surface area contributed by atoms with E-state index in [0.717, 1.165) is 25.7 Å². The molecular formula is C24H32ClNO3Si. The van der Waals surface area contributed by atoms with Gasteiger partial charge in [-0.2, -0.15) is 5.26 Å². The van der Waals surface area contributed by atoms with Gasteiger partial charge in [-0.15, -0.1) is 11.6 Å². The molecule has 162 valence electrons. The quantitative estimate of drug-likeness (QED) is 0.191. The predicted molar refractivity (Wildman–Crippen MR) is 120 cm³/mol. The average molecular weight is 446 g/mol. The minimum atomic E-state index is -2.65. The Labute approximate surface area is 185 Å². The summed E-state index contributed by atoms with van der Waals surface area (Å²) in [7, 11) is -2.65. The summed E-state index contributed by atoms with van der Waals surface area (Å²) >= 11 is 6.97. The number of hydrogen-bond acceptors (Lipinski definition) is 4. The highest BCUT2D eigenvalue weighted by Crippen LogP contribution is 2.69. The Morgan fingerprint density at radius 2 is 2.07 bits per heavy atom. The molecule has 0 bridgehead atoms. The normalized spacial score (nSPS) is 41.5. The predicted octanol–water partition coefficient (Wildman–Crippen LogP) is 5.96. The minimum Gasteiger partial charge on any atom is -0.295 e. The van der Waals surface area contributed by atoms with Gasteiger partial charge in [0, 0.05) is 17.8 Å². The third-order valence-corrected chi connectivity index (χ3v) is 13.1. The molecule has 1 N–H and O–H groups in total. The molecule has 0 aromatic rings. The number of hydrogen-bond donors (Lipinski definition) is 1. The van der Waals surface area contributed by atoms with Crippen LogP contribution >= 0.6 is 11.6 Å². The molecule has 0 saturated heterocycles. The van der Waals surface area contributed by atoms with Gasteiger partial charge in [0.25, 0.3) is 8.32 Å². The zero-order chi connectivity index (χ0) is 22.1. The fourth-order valence-electron chi connectivity index (χ4n) is 7.11. The monoisotopic (exact) mass is 445 g/mol. The number of allylic oxidation sites excluding steroid dienone is 6. The number of rotatable bonds is 3. The van der Waals surface area contributed by atoms with Crippen LogP contribution in [0.3, 0.4) is 0 Å². The molecule has 6 atom stereocenters. The topological polar surface area (TPSA) is 70.3 Å². The van der Waals surface area contributed by atoms with Crippen molar-refractivity contribution in [2.24, 2.45) is 28.1 Å². The molecule has 4 nitrogen and oxygen atoms in total. The Kier molecular flexibility index (Phi) is 5.07. The van der Waals surface area contributed by atoms with E-state index in [0.29, 0.717) is 12.3 Å². The van der Waals surface area contributed by atoms with E-state index in [1.165, 1.54) is 16.7 Å². The van der Waals surface area contributed by atoms with Crippen LogP contribution in [-0.4, -0.2) is 24.4 Å². The minimum absolute atomic E-state index is 0.0980. The Bertz CT molecular complexity index is 931. The zero-order valence-electron chi connectivity index (χ0n) is 18.6. The fourth-order valence-corrected chi connectivity index (χ4v) is 9.45. The van der Waals surface area contributed by atoms with Crippen LogP contribution in [0.25, 0.3) is 0 Å². The Balaban J connectivity index is 1.83. The van der Waals surface area contributed by atoms with Gasteiger partial charge in [-0.25, -0.2) is 0 Å². The summed E-state index contributed by atoms with van der Waals surface area (Å²) in [6, 6.07) is 2.64. The van der Waals surface area contributed by atoms with Crippen LogP contribution in [0, 0.1) is 39.4 Å². The second-order valence-electron chi connectivity index (χ2n) is 10.8. The van der Waals surface area contributed by atoms with Crippen LogP contribution in [0.2, 0.25) is 13.1 Å². The van der Waals surface area contributed by atoms with Crippen molar-refractivity contribution in [1.82, 2.24) is 0 Å². The molecular weight excluding hydrogens is 414 g/mol. The van der Waals surface area contributed by atoms with Gasteiger partial charge in [-0.05, 0) is 68.7 Å². The number of ketones is 1. The van der Waals surface area contributed by atoms with Gasteiger partial charge in [0.05, 0.1) is 16.5 Å². The molecule has 0 heterocycles. The molecule has 6 heteroatoms. The van der Waals surface area contributed by atoms with Crippen molar-refractivity contribution in [3.63, 3.8) is 0 Å². The standard InChI is InChI=1S/C24H32ClNO3Si/c1-15-12-17-18(22(2)9-6-16(27)13-20(15)22)7-10-23(3)19(17)8-11-24(23,14-26)21(25)30(4,5)29-28/h7,12-13,17,19,21,28H,6,8-11H2,1-5H3/t17?,19?,21?,22-,23+,24-/m1/s1. The molecule has 4 aliphatic rings. The smallest absolute Gasteiger partial charge is 0.251 e. The highest BCUT2D eigenvalue weighted by atomic mass is 35.5. The van der Waals surface area contributed by atoms with Gasteiger partial charge >= 0.3 is 0 Å². The molecule has 1 saturated carbocycles. The molecule has 30 heavy (non-hydrogen) atoms. The zero-order valence-corrected chi connectivity index (χ0v) is 20.3. The third-order valence-electron chi connectivity index (χ3n) is 8.97. The highest BCUT2D eigenvalue weighted by molar-refractivity contribution is 6.79. The summed E-state index contributed by atoms with van der Waals surface area (Å²) in [4.78, 5) is 12.1. The lowest BCUT2D eigenvalue weighted by Gasteiger charge is -2.55. The molecule has 1 fully saturated rings. The van der Waals surface area contributed by atoms with E-state index in [2.05, 4.69) is 39.0 Å². The van der Waals surface area contributed by atoms with E-state index < -0.39 is 18.7 Å². The number of fused-ring (bicyclic) bond motifs is 5. The fraction of sp³-hybridized carbons (Fsp3) is 0.667. The molecule has 0 spiro atoms. The summed E-state index contributed by atoms with van der Waals surface area (Å²) < 4.78 is 4.87. The van der Waals surface area contributed by atoms with Crippen molar-refractivity contribution in [2.75, 3.05) is 0 Å². The number of halogens is 1. The lowest BCUT2D eigenvalue weighted by Crippen LogP contribution is -2.57. The van der Waals surface area contributed by atoms with E-state index in [-0.39, 0.29) is 22.5 Å². The number of alkyl halides is 1. The van der Waals surface area contributed by atoms with Gasteiger partial charge in [-0.1, -0.05) is 37.1 Å². The second kappa shape index (κ2) is 6.90. The van der Waals surface area contributed by atoms with E-state index in [1.807, 2.05) is 19.2 Å². The largest absolute Gasteiger partial charge is 0.295 e. The maximum absolute atomic E-state index is 12.1. The Morgan fingerprint density at radius 1 is 1.37 bits per heavy atom. The highest BCUT2D eigenvalue weighted by Gasteiger charge is 2.67. The van der Waals surface area contributed by atoms with Gasteiger partial charge in [0.15, 0.2) is 5.78 Å². The summed E-state index contributed by atoms with van der Waals surface area (Å²) in [6.07, 6.45) is 10.4. The van der Waals surface area contributed by atoms with Crippen molar-refractivity contribution < 1.29 is 14.6 Å². The van der Waals surface area contributed by atoms with Gasteiger partial charge in [-0.3, -0.25) is 14.6 Å². The van der Waals surface area contributed by atoms with E-state index in [4.69, 9.17) is 16.2 Å².